The van der Waals surface area contributed by atoms with Crippen LogP contribution in [-0.4, -0.2) is 62.5 Å². The number of aryl methyl sites for hydroxylation is 1. The summed E-state index contributed by atoms with van der Waals surface area (Å²) in [4.78, 5) is 41.6. The van der Waals surface area contributed by atoms with Gasteiger partial charge in [-0.3, -0.25) is 14.5 Å². The van der Waals surface area contributed by atoms with Crippen LogP contribution < -0.4 is 15.5 Å². The Morgan fingerprint density at radius 1 is 0.979 bits per heavy atom. The normalized spacial score (nSPS) is 22.8. The molecule has 2 aliphatic carbocycles. The summed E-state index contributed by atoms with van der Waals surface area (Å²) in [6.45, 7) is 17.3. The van der Waals surface area contributed by atoms with Crippen molar-refractivity contribution in [3.05, 3.63) is 65.5 Å². The Balaban J connectivity index is 1.14. The number of nitrogens with one attached hydrogen (secondary N) is 2. The van der Waals surface area contributed by atoms with Gasteiger partial charge in [-0.2, -0.15) is 0 Å². The highest BCUT2D eigenvalue weighted by Gasteiger charge is 2.51. The molecule has 4 heterocycles. The van der Waals surface area contributed by atoms with Crippen molar-refractivity contribution in [3.8, 4) is 11.3 Å². The maximum atomic E-state index is 13.9. The second-order valence-electron chi connectivity index (χ2n) is 16.3. The van der Waals surface area contributed by atoms with Crippen LogP contribution >= 0.6 is 0 Å². The number of imidazole rings is 1. The summed E-state index contributed by atoms with van der Waals surface area (Å²) in [6, 6.07) is 15.5. The van der Waals surface area contributed by atoms with Gasteiger partial charge in [0.25, 0.3) is 5.91 Å². The molecule has 9 heteroatoms. The van der Waals surface area contributed by atoms with E-state index in [2.05, 4.69) is 70.9 Å². The molecule has 4 aliphatic rings. The van der Waals surface area contributed by atoms with E-state index < -0.39 is 5.41 Å². The number of anilines is 3. The van der Waals surface area contributed by atoms with Gasteiger partial charge in [-0.25, -0.2) is 9.97 Å². The molecule has 0 atom stereocenters. The molecule has 1 saturated heterocycles. The van der Waals surface area contributed by atoms with Gasteiger partial charge in [0.05, 0.1) is 23.0 Å². The molecule has 2 aromatic carbocycles. The van der Waals surface area contributed by atoms with Gasteiger partial charge >= 0.3 is 0 Å². The smallest absolute Gasteiger partial charge is 0.251 e. The van der Waals surface area contributed by atoms with Gasteiger partial charge in [0, 0.05) is 59.8 Å². The largest absolute Gasteiger partial charge is 0.349 e. The lowest BCUT2D eigenvalue weighted by atomic mass is 9.76. The molecular weight excluding hydrogens is 598 g/mol. The van der Waals surface area contributed by atoms with E-state index in [1.807, 2.05) is 51.4 Å². The maximum absolute atomic E-state index is 13.9. The van der Waals surface area contributed by atoms with Crippen LogP contribution in [0, 0.1) is 12.3 Å². The minimum absolute atomic E-state index is 0.0376. The summed E-state index contributed by atoms with van der Waals surface area (Å²) in [5.41, 5.74) is 7.77. The number of fused-ring (bicyclic) bond motifs is 2. The number of rotatable bonds is 8. The van der Waals surface area contributed by atoms with Crippen molar-refractivity contribution in [3.63, 3.8) is 0 Å². The Morgan fingerprint density at radius 3 is 2.42 bits per heavy atom. The second kappa shape index (κ2) is 10.9. The summed E-state index contributed by atoms with van der Waals surface area (Å²) in [5.74, 6) is 0.827. The van der Waals surface area contributed by atoms with Crippen LogP contribution in [0.4, 0.5) is 17.2 Å². The van der Waals surface area contributed by atoms with Gasteiger partial charge in [0.15, 0.2) is 5.82 Å². The van der Waals surface area contributed by atoms with Crippen molar-refractivity contribution < 1.29 is 9.59 Å². The lowest BCUT2D eigenvalue weighted by Crippen LogP contribution is -2.64. The van der Waals surface area contributed by atoms with Crippen molar-refractivity contribution in [1.29, 1.82) is 0 Å². The highest BCUT2D eigenvalue weighted by molar-refractivity contribution is 6.09. The van der Waals surface area contributed by atoms with Crippen LogP contribution in [0.5, 0.6) is 0 Å². The Kier molecular flexibility index (Phi) is 7.04. The van der Waals surface area contributed by atoms with Crippen LogP contribution in [0.1, 0.15) is 94.8 Å². The molecule has 2 aromatic heterocycles. The molecule has 8 rings (SSSR count). The molecule has 2 aliphatic heterocycles. The van der Waals surface area contributed by atoms with Gasteiger partial charge in [-0.1, -0.05) is 32.0 Å². The summed E-state index contributed by atoms with van der Waals surface area (Å²) in [6.07, 6.45) is 5.99. The van der Waals surface area contributed by atoms with E-state index >= 15 is 0 Å². The lowest BCUT2D eigenvalue weighted by Gasteiger charge is -2.55. The van der Waals surface area contributed by atoms with Gasteiger partial charge in [0.1, 0.15) is 5.52 Å². The van der Waals surface area contributed by atoms with Crippen LogP contribution in [0.15, 0.2) is 48.8 Å². The SMILES string of the molecule is Cc1ccc(Nc2nc(-c3ccc4c(c3)N([C@H]3C[C@@H](N5CC(C)(C)C5)C3)C(=O)C4(C)C)cc3ncn(C(C)C)c23)cc1C(=O)NC1CC1. The molecule has 4 aromatic rings. The molecular formula is C39H47N7O2. The quantitative estimate of drug-likeness (QED) is 0.212. The number of nitrogens with zero attached hydrogens (tertiary/aromatic N) is 5. The molecule has 3 fully saturated rings. The summed E-state index contributed by atoms with van der Waals surface area (Å²) in [7, 11) is 0. The number of pyridine rings is 1. The molecule has 48 heavy (non-hydrogen) atoms. The zero-order valence-electron chi connectivity index (χ0n) is 29.2. The van der Waals surface area contributed by atoms with Crippen molar-refractivity contribution in [1.82, 2.24) is 24.8 Å². The van der Waals surface area contributed by atoms with Crippen molar-refractivity contribution >= 4 is 40.0 Å². The van der Waals surface area contributed by atoms with E-state index in [4.69, 9.17) is 9.97 Å². The van der Waals surface area contributed by atoms with Crippen molar-refractivity contribution in [2.45, 2.75) is 104 Å². The minimum Gasteiger partial charge on any atom is -0.349 e. The number of likely N-dealkylation sites (tertiary alicyclic amines) is 1. The van der Waals surface area contributed by atoms with Gasteiger partial charge in [-0.05, 0) is 101 Å². The first-order valence-electron chi connectivity index (χ1n) is 17.6. The van der Waals surface area contributed by atoms with Crippen LogP contribution in [0.25, 0.3) is 22.3 Å². The zero-order valence-corrected chi connectivity index (χ0v) is 29.2. The first kappa shape index (κ1) is 31.1. The zero-order chi connectivity index (χ0) is 33.7. The van der Waals surface area contributed by atoms with Crippen LogP contribution in [0.2, 0.25) is 0 Å². The predicted octanol–water partition coefficient (Wildman–Crippen LogP) is 7.12. The first-order valence-corrected chi connectivity index (χ1v) is 17.6. The molecule has 0 unspecified atom stereocenters. The third-order valence-electron chi connectivity index (χ3n) is 11.0. The number of carbonyl (C=O) groups excluding carboxylic acids is 2. The lowest BCUT2D eigenvalue weighted by molar-refractivity contribution is -0.123. The third-order valence-corrected chi connectivity index (χ3v) is 11.0. The van der Waals surface area contributed by atoms with E-state index in [1.165, 1.54) is 0 Å². The molecule has 250 valence electrons. The summed E-state index contributed by atoms with van der Waals surface area (Å²) >= 11 is 0. The number of hydrogen-bond donors (Lipinski definition) is 2. The maximum Gasteiger partial charge on any atom is 0.251 e. The topological polar surface area (TPSA) is 95.4 Å². The average molecular weight is 646 g/mol. The Hall–Kier alpha value is -4.24. The molecule has 0 bridgehead atoms. The number of benzene rings is 2. The fraction of sp³-hybridized carbons (Fsp3) is 0.487. The molecule has 0 radical (unpaired) electrons. The van der Waals surface area contributed by atoms with Crippen molar-refractivity contribution in [2.75, 3.05) is 23.3 Å². The fourth-order valence-electron chi connectivity index (χ4n) is 7.94. The van der Waals surface area contributed by atoms with Gasteiger partial charge < -0.3 is 20.1 Å². The molecule has 2 amide bonds. The standard InChI is InChI=1S/C39H47N7O2/c1-22(2)45-21-40-32-18-31(43-35(34(32)45)41-26-10-8-23(3)29(15-26)36(47)42-25-11-12-25)24-9-13-30-33(14-24)46(37(48)39(30,6)7)28-16-27(17-28)44-19-38(4,5)20-44/h8-10,13-15,18,21-22,25,27-28H,11-12,16-17,19-20H2,1-7H3,(H,41,43)(H,42,47)/t27-,28+. The highest BCUT2D eigenvalue weighted by Crippen LogP contribution is 2.49. The second-order valence-corrected chi connectivity index (χ2v) is 16.3. The Morgan fingerprint density at radius 2 is 1.73 bits per heavy atom. The number of carbonyl (C=O) groups is 2. The molecule has 0 spiro atoms. The number of hydrogen-bond acceptors (Lipinski definition) is 6. The minimum atomic E-state index is -0.577. The van der Waals surface area contributed by atoms with E-state index in [1.54, 1.807) is 0 Å². The Labute approximate surface area is 283 Å². The predicted molar refractivity (Wildman–Crippen MR) is 191 cm³/mol. The van der Waals surface area contributed by atoms with E-state index in [9.17, 15) is 9.59 Å². The fourth-order valence-corrected chi connectivity index (χ4v) is 7.94. The molecule has 2 saturated carbocycles. The average Bonchev–Trinajstić information content (AvgIpc) is 3.66. The number of amides is 2. The highest BCUT2D eigenvalue weighted by atomic mass is 16.2. The monoisotopic (exact) mass is 645 g/mol. The van der Waals surface area contributed by atoms with Crippen LogP contribution in [-0.2, 0) is 10.2 Å². The first-order chi connectivity index (χ1) is 22.8. The number of aromatic nitrogens is 3. The van der Waals surface area contributed by atoms with Crippen molar-refractivity contribution in [2.24, 2.45) is 5.41 Å². The molecule has 9 nitrogen and oxygen atoms in total. The van der Waals surface area contributed by atoms with E-state index in [0.29, 0.717) is 22.8 Å². The third kappa shape index (κ3) is 5.18. The van der Waals surface area contributed by atoms with E-state index in [0.717, 1.165) is 83.6 Å². The summed E-state index contributed by atoms with van der Waals surface area (Å²) < 4.78 is 2.13. The van der Waals surface area contributed by atoms with Crippen LogP contribution in [0.3, 0.4) is 0 Å². The van der Waals surface area contributed by atoms with Gasteiger partial charge in [-0.15, -0.1) is 0 Å². The van der Waals surface area contributed by atoms with E-state index in [-0.39, 0.29) is 29.9 Å². The Bertz CT molecular complexity index is 1960. The summed E-state index contributed by atoms with van der Waals surface area (Å²) in [5, 5.41) is 6.68. The van der Waals surface area contributed by atoms with Gasteiger partial charge in [0.2, 0.25) is 5.91 Å². The molecule has 2 N–H and O–H groups in total.